The molecule has 0 saturated heterocycles. The first-order valence-electron chi connectivity index (χ1n) is 6.22. The van der Waals surface area contributed by atoms with Crippen LogP contribution in [0.5, 0.6) is 0 Å². The van der Waals surface area contributed by atoms with Crippen molar-refractivity contribution in [1.82, 2.24) is 4.90 Å². The Kier molecular flexibility index (Phi) is 4.40. The highest BCUT2D eigenvalue weighted by Crippen LogP contribution is 2.35. The average Bonchev–Trinajstić information content (AvgIpc) is 3.17. The minimum Gasteiger partial charge on any atom is -0.394 e. The molecule has 0 heterocycles. The first-order chi connectivity index (χ1) is 8.65. The number of benzene rings is 1. The molecule has 0 radical (unpaired) electrons. The number of rotatable bonds is 6. The highest BCUT2D eigenvalue weighted by Gasteiger charge is 2.34. The van der Waals surface area contributed by atoms with E-state index < -0.39 is 0 Å². The fourth-order valence-electron chi connectivity index (χ4n) is 2.25. The molecule has 1 aromatic rings. The maximum Gasteiger partial charge on any atom is 0.210 e. The summed E-state index contributed by atoms with van der Waals surface area (Å²) >= 11 is 3.45. The van der Waals surface area contributed by atoms with Crippen LogP contribution < -0.4 is 0 Å². The molecule has 1 fully saturated rings. The Balaban J connectivity index is 2.13. The van der Waals surface area contributed by atoms with E-state index in [1.807, 2.05) is 25.1 Å². The molecule has 1 aliphatic rings. The summed E-state index contributed by atoms with van der Waals surface area (Å²) in [6.45, 7) is 2.66. The molecule has 1 atom stereocenters. The third kappa shape index (κ3) is 3.12. The molecule has 18 heavy (non-hydrogen) atoms. The first kappa shape index (κ1) is 13.6. The minimum absolute atomic E-state index is 0.0270. The lowest BCUT2D eigenvalue weighted by Gasteiger charge is -2.27. The number of aliphatic hydroxyl groups excluding tert-OH is 1. The van der Waals surface area contributed by atoms with Gasteiger partial charge in [0.15, 0.2) is 0 Å². The van der Waals surface area contributed by atoms with E-state index >= 15 is 0 Å². The molecule has 1 N–H and O–H groups in total. The predicted octanol–water partition coefficient (Wildman–Crippen LogP) is 2.49. The van der Waals surface area contributed by atoms with Crippen molar-refractivity contribution in [2.24, 2.45) is 5.92 Å². The van der Waals surface area contributed by atoms with Gasteiger partial charge in [-0.1, -0.05) is 22.0 Å². The summed E-state index contributed by atoms with van der Waals surface area (Å²) in [7, 11) is 0. The van der Waals surface area contributed by atoms with Crippen LogP contribution in [-0.4, -0.2) is 29.1 Å². The summed E-state index contributed by atoms with van der Waals surface area (Å²) < 4.78 is 1.01. The van der Waals surface area contributed by atoms with Gasteiger partial charge in [0, 0.05) is 11.0 Å². The van der Waals surface area contributed by atoms with E-state index in [0.29, 0.717) is 12.5 Å². The largest absolute Gasteiger partial charge is 0.394 e. The maximum atomic E-state index is 11.2. The van der Waals surface area contributed by atoms with Gasteiger partial charge in [-0.05, 0) is 48.9 Å². The molecule has 4 heteroatoms. The summed E-state index contributed by atoms with van der Waals surface area (Å²) in [4.78, 5) is 13.0. The van der Waals surface area contributed by atoms with Gasteiger partial charge in [-0.2, -0.15) is 0 Å². The third-order valence-electron chi connectivity index (χ3n) is 3.58. The van der Waals surface area contributed by atoms with E-state index in [-0.39, 0.29) is 12.6 Å². The summed E-state index contributed by atoms with van der Waals surface area (Å²) in [6.07, 6.45) is 3.10. The van der Waals surface area contributed by atoms with Gasteiger partial charge in [0.25, 0.3) is 0 Å². The van der Waals surface area contributed by atoms with Gasteiger partial charge < -0.3 is 10.0 Å². The van der Waals surface area contributed by atoms with E-state index in [0.717, 1.165) is 34.9 Å². The zero-order valence-electron chi connectivity index (χ0n) is 10.5. The van der Waals surface area contributed by atoms with E-state index in [2.05, 4.69) is 15.9 Å². The van der Waals surface area contributed by atoms with Crippen LogP contribution in [0.15, 0.2) is 22.7 Å². The molecule has 1 aliphatic carbocycles. The summed E-state index contributed by atoms with van der Waals surface area (Å²) in [5.74, 6) is 0.479. The molecule has 2 rings (SSSR count). The normalized spacial score (nSPS) is 16.4. The molecule has 3 nitrogen and oxygen atoms in total. The smallest absolute Gasteiger partial charge is 0.210 e. The zero-order valence-corrected chi connectivity index (χ0v) is 12.1. The molecular formula is C14H18BrNO2. The average molecular weight is 312 g/mol. The summed E-state index contributed by atoms with van der Waals surface area (Å²) in [6, 6.07) is 6.04. The molecular weight excluding hydrogens is 294 g/mol. The molecule has 1 unspecified atom stereocenters. The van der Waals surface area contributed by atoms with Gasteiger partial charge in [0.2, 0.25) is 6.41 Å². The Morgan fingerprint density at radius 1 is 1.56 bits per heavy atom. The van der Waals surface area contributed by atoms with Gasteiger partial charge in [0.05, 0.1) is 12.6 Å². The standard InChI is InChI=1S/C14H18BrNO2/c1-10-2-5-13(15)6-12(10)7-16(9-18)14(8-17)11-3-4-11/h2,5-6,9,11,14,17H,3-4,7-8H2,1H3. The second-order valence-corrected chi connectivity index (χ2v) is 5.85. The number of halogens is 1. The topological polar surface area (TPSA) is 40.5 Å². The van der Waals surface area contributed by atoms with Crippen LogP contribution in [0.25, 0.3) is 0 Å². The number of aliphatic hydroxyl groups is 1. The third-order valence-corrected chi connectivity index (χ3v) is 4.07. The highest BCUT2D eigenvalue weighted by molar-refractivity contribution is 9.10. The van der Waals surface area contributed by atoms with Gasteiger partial charge in [-0.3, -0.25) is 4.79 Å². The van der Waals surface area contributed by atoms with Crippen molar-refractivity contribution in [2.75, 3.05) is 6.61 Å². The number of carbonyl (C=O) groups excluding carboxylic acids is 1. The predicted molar refractivity (Wildman–Crippen MR) is 74.1 cm³/mol. The number of nitrogens with zero attached hydrogens (tertiary/aromatic N) is 1. The van der Waals surface area contributed by atoms with Crippen LogP contribution in [-0.2, 0) is 11.3 Å². The molecule has 98 valence electrons. The molecule has 0 aliphatic heterocycles. The molecule has 0 aromatic heterocycles. The van der Waals surface area contributed by atoms with Gasteiger partial charge in [0.1, 0.15) is 0 Å². The van der Waals surface area contributed by atoms with Crippen LogP contribution in [0.1, 0.15) is 24.0 Å². The molecule has 1 aromatic carbocycles. The van der Waals surface area contributed by atoms with Crippen LogP contribution in [0.4, 0.5) is 0 Å². The SMILES string of the molecule is Cc1ccc(Br)cc1CN(C=O)C(CO)C1CC1. The fraction of sp³-hybridized carbons (Fsp3) is 0.500. The maximum absolute atomic E-state index is 11.2. The van der Waals surface area contributed by atoms with E-state index in [4.69, 9.17) is 0 Å². The number of amides is 1. The quantitative estimate of drug-likeness (QED) is 0.820. The number of hydrogen-bond acceptors (Lipinski definition) is 2. The Morgan fingerprint density at radius 3 is 2.83 bits per heavy atom. The van der Waals surface area contributed by atoms with Crippen LogP contribution >= 0.6 is 15.9 Å². The number of hydrogen-bond donors (Lipinski definition) is 1. The lowest BCUT2D eigenvalue weighted by Crippen LogP contribution is -2.38. The van der Waals surface area contributed by atoms with Gasteiger partial charge in [-0.25, -0.2) is 0 Å². The minimum atomic E-state index is -0.0270. The van der Waals surface area contributed by atoms with Crippen molar-refractivity contribution >= 4 is 22.3 Å². The second-order valence-electron chi connectivity index (χ2n) is 4.94. The van der Waals surface area contributed by atoms with Crippen molar-refractivity contribution in [2.45, 2.75) is 32.4 Å². The van der Waals surface area contributed by atoms with Crippen molar-refractivity contribution in [3.8, 4) is 0 Å². The first-order valence-corrected chi connectivity index (χ1v) is 7.02. The molecule has 0 bridgehead atoms. The molecule has 0 spiro atoms. The second kappa shape index (κ2) is 5.85. The number of carbonyl (C=O) groups is 1. The highest BCUT2D eigenvalue weighted by atomic mass is 79.9. The molecule has 1 amide bonds. The zero-order chi connectivity index (χ0) is 13.1. The monoisotopic (exact) mass is 311 g/mol. The van der Waals surface area contributed by atoms with Gasteiger partial charge in [-0.15, -0.1) is 0 Å². The van der Waals surface area contributed by atoms with E-state index in [9.17, 15) is 9.90 Å². The Bertz CT molecular complexity index is 432. The Morgan fingerprint density at radius 2 is 2.28 bits per heavy atom. The Labute approximate surface area is 116 Å². The van der Waals surface area contributed by atoms with E-state index in [1.165, 1.54) is 0 Å². The molecule has 1 saturated carbocycles. The van der Waals surface area contributed by atoms with Crippen molar-refractivity contribution in [3.63, 3.8) is 0 Å². The Hall–Kier alpha value is -0.870. The van der Waals surface area contributed by atoms with Crippen LogP contribution in [0.3, 0.4) is 0 Å². The summed E-state index contributed by atoms with van der Waals surface area (Å²) in [5, 5.41) is 9.43. The van der Waals surface area contributed by atoms with Crippen LogP contribution in [0, 0.1) is 12.8 Å². The summed E-state index contributed by atoms with van der Waals surface area (Å²) in [5.41, 5.74) is 2.29. The fourth-order valence-corrected chi connectivity index (χ4v) is 2.65. The van der Waals surface area contributed by atoms with Crippen LogP contribution in [0.2, 0.25) is 0 Å². The van der Waals surface area contributed by atoms with Crippen molar-refractivity contribution in [1.29, 1.82) is 0 Å². The van der Waals surface area contributed by atoms with Gasteiger partial charge >= 0.3 is 0 Å². The van der Waals surface area contributed by atoms with E-state index in [1.54, 1.807) is 4.90 Å². The van der Waals surface area contributed by atoms with Crippen molar-refractivity contribution < 1.29 is 9.90 Å². The lowest BCUT2D eigenvalue weighted by molar-refractivity contribution is -0.122. The lowest BCUT2D eigenvalue weighted by atomic mass is 10.1. The van der Waals surface area contributed by atoms with Crippen molar-refractivity contribution in [3.05, 3.63) is 33.8 Å². The number of aryl methyl sites for hydroxylation is 1.